The highest BCUT2D eigenvalue weighted by molar-refractivity contribution is 6.01. The van der Waals surface area contributed by atoms with E-state index in [4.69, 9.17) is 14.0 Å². The lowest BCUT2D eigenvalue weighted by molar-refractivity contribution is -0.147. The van der Waals surface area contributed by atoms with Crippen LogP contribution in [0.4, 0.5) is 0 Å². The summed E-state index contributed by atoms with van der Waals surface area (Å²) in [6.07, 6.45) is 0.539. The molecule has 2 aliphatic rings. The molecule has 2 aliphatic heterocycles. The number of esters is 1. The highest BCUT2D eigenvalue weighted by Crippen LogP contribution is 2.35. The van der Waals surface area contributed by atoms with Crippen LogP contribution in [0.15, 0.2) is 27.8 Å². The number of carbonyl (C=O) groups is 2. The van der Waals surface area contributed by atoms with Gasteiger partial charge in [0.1, 0.15) is 12.3 Å². The fourth-order valence-electron chi connectivity index (χ4n) is 2.56. The van der Waals surface area contributed by atoms with Gasteiger partial charge in [-0.05, 0) is 18.2 Å². The molecule has 1 aromatic heterocycles. The summed E-state index contributed by atoms with van der Waals surface area (Å²) >= 11 is 0. The molecule has 1 amide bonds. The lowest BCUT2D eigenvalue weighted by Crippen LogP contribution is -2.36. The molecule has 0 radical (unpaired) electrons. The maximum absolute atomic E-state index is 11.9. The number of methoxy groups -OCH3 is 1. The van der Waals surface area contributed by atoms with Gasteiger partial charge in [-0.3, -0.25) is 9.59 Å². The average Bonchev–Trinajstić information content (AvgIpc) is 3.32. The van der Waals surface area contributed by atoms with Crippen molar-refractivity contribution in [1.29, 1.82) is 0 Å². The maximum atomic E-state index is 11.9. The standard InChI is InChI=1S/C16H14N4O6/c1-23-14(22)7-20-13(21)5-3-10(18-20)16-17-15(19-26-16)9-2-4-11-12(6-9)25-8-24-11/h2,4,6H,3,5,7-8H2,1H3. The Morgan fingerprint density at radius 1 is 1.27 bits per heavy atom. The van der Waals surface area contributed by atoms with Crippen molar-refractivity contribution in [3.8, 4) is 22.9 Å². The Morgan fingerprint density at radius 3 is 2.96 bits per heavy atom. The number of benzene rings is 1. The van der Waals surface area contributed by atoms with Gasteiger partial charge in [0.25, 0.3) is 5.89 Å². The van der Waals surface area contributed by atoms with Gasteiger partial charge in [-0.2, -0.15) is 10.1 Å². The summed E-state index contributed by atoms with van der Waals surface area (Å²) in [4.78, 5) is 27.6. The summed E-state index contributed by atoms with van der Waals surface area (Å²) in [5, 5.41) is 9.15. The molecule has 0 bridgehead atoms. The molecule has 0 N–H and O–H groups in total. The third-order valence-corrected chi connectivity index (χ3v) is 3.92. The van der Waals surface area contributed by atoms with Crippen LogP contribution in [0.3, 0.4) is 0 Å². The lowest BCUT2D eigenvalue weighted by Gasteiger charge is -2.20. The molecule has 10 heteroatoms. The number of hydrogen-bond donors (Lipinski definition) is 0. The minimum Gasteiger partial charge on any atom is -0.468 e. The first-order valence-electron chi connectivity index (χ1n) is 7.83. The van der Waals surface area contributed by atoms with E-state index in [-0.39, 0.29) is 31.6 Å². The van der Waals surface area contributed by atoms with Crippen LogP contribution in [0.1, 0.15) is 18.7 Å². The molecule has 0 atom stereocenters. The van der Waals surface area contributed by atoms with Crippen LogP contribution in [-0.4, -0.2) is 53.2 Å². The highest BCUT2D eigenvalue weighted by Gasteiger charge is 2.27. The van der Waals surface area contributed by atoms with E-state index in [9.17, 15) is 9.59 Å². The number of fused-ring (bicyclic) bond motifs is 1. The second-order valence-electron chi connectivity index (χ2n) is 5.57. The average molecular weight is 358 g/mol. The molecular weight excluding hydrogens is 344 g/mol. The zero-order chi connectivity index (χ0) is 18.1. The predicted octanol–water partition coefficient (Wildman–Crippen LogP) is 0.965. The molecule has 10 nitrogen and oxygen atoms in total. The molecule has 1 aromatic carbocycles. The molecule has 0 spiro atoms. The summed E-state index contributed by atoms with van der Waals surface area (Å²) in [6, 6.07) is 5.31. The van der Waals surface area contributed by atoms with Crippen LogP contribution in [0.5, 0.6) is 11.5 Å². The predicted molar refractivity (Wildman–Crippen MR) is 85.4 cm³/mol. The van der Waals surface area contributed by atoms with Crippen LogP contribution in [-0.2, 0) is 14.3 Å². The Bertz CT molecular complexity index is 906. The smallest absolute Gasteiger partial charge is 0.327 e. The third-order valence-electron chi connectivity index (χ3n) is 3.92. The molecule has 2 aromatic rings. The van der Waals surface area contributed by atoms with Gasteiger partial charge in [-0.1, -0.05) is 5.16 Å². The number of hydrazone groups is 1. The van der Waals surface area contributed by atoms with Crippen molar-refractivity contribution >= 4 is 17.6 Å². The van der Waals surface area contributed by atoms with Crippen molar-refractivity contribution in [1.82, 2.24) is 15.1 Å². The summed E-state index contributed by atoms with van der Waals surface area (Å²) < 4.78 is 20.4. The van der Waals surface area contributed by atoms with E-state index >= 15 is 0 Å². The molecule has 4 rings (SSSR count). The molecule has 0 aliphatic carbocycles. The summed E-state index contributed by atoms with van der Waals surface area (Å²) in [7, 11) is 1.25. The first-order valence-corrected chi connectivity index (χ1v) is 7.83. The van der Waals surface area contributed by atoms with Gasteiger partial charge in [0.15, 0.2) is 11.5 Å². The molecule has 134 valence electrons. The Labute approximate surface area is 147 Å². The Balaban J connectivity index is 1.58. The lowest BCUT2D eigenvalue weighted by atomic mass is 10.1. The monoisotopic (exact) mass is 358 g/mol. The summed E-state index contributed by atoms with van der Waals surface area (Å²) in [6.45, 7) is -0.0842. The highest BCUT2D eigenvalue weighted by atomic mass is 16.7. The van der Waals surface area contributed by atoms with E-state index in [0.717, 1.165) is 5.01 Å². The number of ether oxygens (including phenoxy) is 3. The van der Waals surface area contributed by atoms with E-state index in [0.29, 0.717) is 35.0 Å². The van der Waals surface area contributed by atoms with Gasteiger partial charge >= 0.3 is 5.97 Å². The molecule has 3 heterocycles. The number of rotatable bonds is 4. The van der Waals surface area contributed by atoms with Crippen LogP contribution in [0, 0.1) is 0 Å². The van der Waals surface area contributed by atoms with Crippen molar-refractivity contribution in [3.05, 3.63) is 24.1 Å². The number of nitrogens with zero attached hydrogens (tertiary/aromatic N) is 4. The van der Waals surface area contributed by atoms with Crippen LogP contribution in [0.2, 0.25) is 0 Å². The van der Waals surface area contributed by atoms with Gasteiger partial charge in [0.05, 0.1) is 7.11 Å². The van der Waals surface area contributed by atoms with E-state index in [1.807, 2.05) is 0 Å². The summed E-state index contributed by atoms with van der Waals surface area (Å²) in [5.74, 6) is 0.992. The minimum atomic E-state index is -0.560. The van der Waals surface area contributed by atoms with Crippen molar-refractivity contribution in [2.24, 2.45) is 5.10 Å². The van der Waals surface area contributed by atoms with Crippen LogP contribution in [0.25, 0.3) is 11.4 Å². The molecule has 0 saturated heterocycles. The fraction of sp³-hybridized carbons (Fsp3) is 0.312. The summed E-state index contributed by atoms with van der Waals surface area (Å²) in [5.41, 5.74) is 1.14. The van der Waals surface area contributed by atoms with E-state index in [2.05, 4.69) is 20.0 Å². The van der Waals surface area contributed by atoms with Gasteiger partial charge in [-0.25, -0.2) is 5.01 Å². The SMILES string of the molecule is COC(=O)CN1N=C(c2nc(-c3ccc4c(c3)OCO4)no2)CCC1=O. The first kappa shape index (κ1) is 16.1. The van der Waals surface area contributed by atoms with Gasteiger partial charge in [0.2, 0.25) is 18.5 Å². The number of carbonyl (C=O) groups excluding carboxylic acids is 2. The molecule has 0 fully saturated rings. The van der Waals surface area contributed by atoms with E-state index < -0.39 is 5.97 Å². The molecule has 0 saturated carbocycles. The zero-order valence-corrected chi connectivity index (χ0v) is 13.8. The number of aromatic nitrogens is 2. The van der Waals surface area contributed by atoms with Gasteiger partial charge in [-0.15, -0.1) is 0 Å². The topological polar surface area (TPSA) is 116 Å². The quantitative estimate of drug-likeness (QED) is 0.742. The van der Waals surface area contributed by atoms with Crippen molar-refractivity contribution < 1.29 is 28.3 Å². The van der Waals surface area contributed by atoms with Gasteiger partial charge < -0.3 is 18.7 Å². The third kappa shape index (κ3) is 2.96. The fourth-order valence-corrected chi connectivity index (χ4v) is 2.56. The van der Waals surface area contributed by atoms with Crippen molar-refractivity contribution in [2.45, 2.75) is 12.8 Å². The maximum Gasteiger partial charge on any atom is 0.327 e. The second-order valence-corrected chi connectivity index (χ2v) is 5.57. The normalized spacial score (nSPS) is 15.8. The Hall–Kier alpha value is -3.43. The van der Waals surface area contributed by atoms with Gasteiger partial charge in [0, 0.05) is 18.4 Å². The number of hydrogen-bond acceptors (Lipinski definition) is 9. The van der Waals surface area contributed by atoms with E-state index in [1.165, 1.54) is 7.11 Å². The molecule has 0 unspecified atom stereocenters. The minimum absolute atomic E-state index is 0.178. The van der Waals surface area contributed by atoms with Crippen LogP contribution >= 0.6 is 0 Å². The van der Waals surface area contributed by atoms with E-state index in [1.54, 1.807) is 18.2 Å². The van der Waals surface area contributed by atoms with Crippen molar-refractivity contribution in [3.63, 3.8) is 0 Å². The molecule has 26 heavy (non-hydrogen) atoms. The van der Waals surface area contributed by atoms with Crippen molar-refractivity contribution in [2.75, 3.05) is 20.4 Å². The Morgan fingerprint density at radius 2 is 2.12 bits per heavy atom. The Kier molecular flexibility index (Phi) is 3.99. The molecular formula is C16H14N4O6. The van der Waals surface area contributed by atoms with Crippen LogP contribution < -0.4 is 9.47 Å². The second kappa shape index (κ2) is 6.47. The largest absolute Gasteiger partial charge is 0.468 e. The first-order chi connectivity index (χ1) is 12.6. The number of amides is 1. The zero-order valence-electron chi connectivity index (χ0n) is 13.8.